The van der Waals surface area contributed by atoms with Gasteiger partial charge in [0, 0.05) is 12.2 Å². The number of carbonyl (C=O) groups excluding carboxylic acids is 1. The molecular weight excluding hydrogens is 273 g/mol. The molecule has 2 nitrogen and oxygen atoms in total. The molecule has 0 N–H and O–H groups in total. The number of nitrogens with zero attached hydrogens (tertiary/aromatic N) is 1. The third-order valence-corrected chi connectivity index (χ3v) is 2.55. The van der Waals surface area contributed by atoms with Gasteiger partial charge in [0.05, 0.1) is 4.32 Å². The highest BCUT2D eigenvalue weighted by Gasteiger charge is 2.29. The van der Waals surface area contributed by atoms with Gasteiger partial charge in [0.1, 0.15) is 5.82 Å². The predicted molar refractivity (Wildman–Crippen MR) is 67.4 cm³/mol. The second-order valence-corrected chi connectivity index (χ2v) is 5.98. The molecule has 0 radical (unpaired) electrons. The number of amides is 1. The van der Waals surface area contributed by atoms with E-state index in [2.05, 4.69) is 15.9 Å². The molecular formula is C12H15BrFNO. The largest absolute Gasteiger partial charge is 0.312 e. The topological polar surface area (TPSA) is 20.3 Å². The highest BCUT2D eigenvalue weighted by Crippen LogP contribution is 2.24. The summed E-state index contributed by atoms with van der Waals surface area (Å²) in [5.74, 6) is -0.341. The number of benzene rings is 1. The zero-order valence-electron chi connectivity index (χ0n) is 9.63. The Morgan fingerprint density at radius 2 is 1.88 bits per heavy atom. The van der Waals surface area contributed by atoms with Gasteiger partial charge in [-0.2, -0.15) is 0 Å². The van der Waals surface area contributed by atoms with Crippen LogP contribution in [0.1, 0.15) is 20.8 Å². The first-order chi connectivity index (χ1) is 7.36. The molecule has 0 saturated heterocycles. The number of hydrogen-bond acceptors (Lipinski definition) is 1. The maximum Gasteiger partial charge on any atom is 0.243 e. The van der Waals surface area contributed by atoms with Crippen molar-refractivity contribution in [2.45, 2.75) is 25.1 Å². The van der Waals surface area contributed by atoms with Crippen molar-refractivity contribution in [3.05, 3.63) is 30.1 Å². The van der Waals surface area contributed by atoms with Crippen LogP contribution >= 0.6 is 15.9 Å². The fourth-order valence-corrected chi connectivity index (χ4v) is 1.60. The smallest absolute Gasteiger partial charge is 0.243 e. The first-order valence-corrected chi connectivity index (χ1v) is 5.92. The van der Waals surface area contributed by atoms with Gasteiger partial charge in [-0.15, -0.1) is 0 Å². The highest BCUT2D eigenvalue weighted by atomic mass is 79.9. The SMILES string of the molecule is CCN(C(=O)C(C)(C)Br)c1ccc(F)cc1. The molecule has 0 aromatic heterocycles. The van der Waals surface area contributed by atoms with Crippen molar-refractivity contribution in [1.29, 1.82) is 0 Å². The highest BCUT2D eigenvalue weighted by molar-refractivity contribution is 9.10. The molecule has 0 spiro atoms. The van der Waals surface area contributed by atoms with Crippen molar-refractivity contribution >= 4 is 27.5 Å². The Hall–Kier alpha value is -0.900. The lowest BCUT2D eigenvalue weighted by Gasteiger charge is -2.27. The molecule has 1 rings (SSSR count). The molecule has 88 valence electrons. The second kappa shape index (κ2) is 4.95. The van der Waals surface area contributed by atoms with Crippen LogP contribution in [0.5, 0.6) is 0 Å². The zero-order chi connectivity index (χ0) is 12.3. The normalized spacial score (nSPS) is 11.3. The first kappa shape index (κ1) is 13.2. The van der Waals surface area contributed by atoms with E-state index in [1.165, 1.54) is 12.1 Å². The van der Waals surface area contributed by atoms with Gasteiger partial charge in [0.25, 0.3) is 0 Å². The van der Waals surface area contributed by atoms with E-state index in [1.54, 1.807) is 30.9 Å². The molecule has 0 aliphatic carbocycles. The molecule has 4 heteroatoms. The van der Waals surface area contributed by atoms with Crippen LogP contribution in [-0.4, -0.2) is 16.8 Å². The minimum atomic E-state index is -0.614. The lowest BCUT2D eigenvalue weighted by molar-refractivity contribution is -0.119. The number of hydrogen-bond donors (Lipinski definition) is 0. The summed E-state index contributed by atoms with van der Waals surface area (Å²) in [5, 5.41) is 0. The van der Waals surface area contributed by atoms with E-state index in [-0.39, 0.29) is 11.7 Å². The molecule has 0 saturated carbocycles. The van der Waals surface area contributed by atoms with Crippen molar-refractivity contribution in [2.75, 3.05) is 11.4 Å². The Morgan fingerprint density at radius 3 is 2.25 bits per heavy atom. The van der Waals surface area contributed by atoms with E-state index in [0.717, 1.165) is 0 Å². The van der Waals surface area contributed by atoms with Crippen molar-refractivity contribution in [1.82, 2.24) is 0 Å². The molecule has 0 atom stereocenters. The van der Waals surface area contributed by atoms with Gasteiger partial charge in [0.2, 0.25) is 5.91 Å². The van der Waals surface area contributed by atoms with E-state index in [9.17, 15) is 9.18 Å². The predicted octanol–water partition coefficient (Wildman–Crippen LogP) is 3.35. The Morgan fingerprint density at radius 1 is 1.38 bits per heavy atom. The molecule has 0 heterocycles. The number of rotatable bonds is 3. The van der Waals surface area contributed by atoms with Gasteiger partial charge < -0.3 is 4.90 Å². The van der Waals surface area contributed by atoms with Crippen LogP contribution in [0.2, 0.25) is 0 Å². The molecule has 0 fully saturated rings. The van der Waals surface area contributed by atoms with Crippen LogP contribution in [0.3, 0.4) is 0 Å². The molecule has 0 aliphatic rings. The summed E-state index contributed by atoms with van der Waals surface area (Å²) < 4.78 is 12.2. The minimum absolute atomic E-state index is 0.0402. The molecule has 0 aliphatic heterocycles. The van der Waals surface area contributed by atoms with Crippen LogP contribution in [0, 0.1) is 5.82 Å². The summed E-state index contributed by atoms with van der Waals surface area (Å²) in [7, 11) is 0. The monoisotopic (exact) mass is 287 g/mol. The first-order valence-electron chi connectivity index (χ1n) is 5.12. The summed E-state index contributed by atoms with van der Waals surface area (Å²) in [6, 6.07) is 5.92. The van der Waals surface area contributed by atoms with Crippen molar-refractivity contribution in [3.8, 4) is 0 Å². The molecule has 1 aromatic rings. The Labute approximate surface area is 104 Å². The third kappa shape index (κ3) is 3.04. The maximum absolute atomic E-state index is 12.8. The average molecular weight is 288 g/mol. The lowest BCUT2D eigenvalue weighted by atomic mass is 10.1. The standard InChI is InChI=1S/C12H15BrFNO/c1-4-15(11(16)12(2,3)13)10-7-5-9(14)6-8-10/h5-8H,4H2,1-3H3. The van der Waals surface area contributed by atoms with E-state index in [0.29, 0.717) is 12.2 Å². The van der Waals surface area contributed by atoms with Crippen LogP contribution in [0.4, 0.5) is 10.1 Å². The summed E-state index contributed by atoms with van der Waals surface area (Å²) in [5.41, 5.74) is 0.710. The van der Waals surface area contributed by atoms with E-state index >= 15 is 0 Å². The van der Waals surface area contributed by atoms with Crippen LogP contribution in [0.15, 0.2) is 24.3 Å². The molecule has 0 unspecified atom stereocenters. The number of alkyl halides is 1. The maximum atomic E-state index is 12.8. The summed E-state index contributed by atoms with van der Waals surface area (Å²) in [6.45, 7) is 6.03. The fraction of sp³-hybridized carbons (Fsp3) is 0.417. The van der Waals surface area contributed by atoms with E-state index in [1.807, 2.05) is 6.92 Å². The average Bonchev–Trinajstić information content (AvgIpc) is 2.20. The molecule has 0 bridgehead atoms. The second-order valence-electron chi connectivity index (χ2n) is 4.00. The van der Waals surface area contributed by atoms with Gasteiger partial charge in [-0.05, 0) is 45.0 Å². The molecule has 1 aromatic carbocycles. The summed E-state index contributed by atoms with van der Waals surface area (Å²) >= 11 is 3.33. The summed E-state index contributed by atoms with van der Waals surface area (Å²) in [6.07, 6.45) is 0. The Bertz CT molecular complexity index is 370. The van der Waals surface area contributed by atoms with Gasteiger partial charge in [0.15, 0.2) is 0 Å². The van der Waals surface area contributed by atoms with Crippen molar-refractivity contribution in [2.24, 2.45) is 0 Å². The number of halogens is 2. The van der Waals surface area contributed by atoms with Crippen LogP contribution in [-0.2, 0) is 4.79 Å². The Kier molecular flexibility index (Phi) is 4.08. The molecule has 16 heavy (non-hydrogen) atoms. The molecule has 1 amide bonds. The number of carbonyl (C=O) groups is 1. The summed E-state index contributed by atoms with van der Waals surface area (Å²) in [4.78, 5) is 13.7. The zero-order valence-corrected chi connectivity index (χ0v) is 11.2. The van der Waals surface area contributed by atoms with E-state index in [4.69, 9.17) is 0 Å². The third-order valence-electron chi connectivity index (χ3n) is 2.21. The van der Waals surface area contributed by atoms with Gasteiger partial charge in [-0.25, -0.2) is 4.39 Å². The van der Waals surface area contributed by atoms with E-state index < -0.39 is 4.32 Å². The quantitative estimate of drug-likeness (QED) is 0.781. The van der Waals surface area contributed by atoms with Crippen molar-refractivity contribution < 1.29 is 9.18 Å². The van der Waals surface area contributed by atoms with Gasteiger partial charge in [-0.1, -0.05) is 15.9 Å². The lowest BCUT2D eigenvalue weighted by Crippen LogP contribution is -2.41. The number of anilines is 1. The Balaban J connectivity index is 2.99. The van der Waals surface area contributed by atoms with Gasteiger partial charge in [-0.3, -0.25) is 4.79 Å². The van der Waals surface area contributed by atoms with Gasteiger partial charge >= 0.3 is 0 Å². The fourth-order valence-electron chi connectivity index (χ4n) is 1.39. The van der Waals surface area contributed by atoms with Crippen molar-refractivity contribution in [3.63, 3.8) is 0 Å². The van der Waals surface area contributed by atoms with Crippen LogP contribution in [0.25, 0.3) is 0 Å². The van der Waals surface area contributed by atoms with Crippen LogP contribution < -0.4 is 4.90 Å². The minimum Gasteiger partial charge on any atom is -0.312 e.